The minimum Gasteiger partial charge on any atom is -0.456 e. The summed E-state index contributed by atoms with van der Waals surface area (Å²) in [4.78, 5) is 43.2. The van der Waals surface area contributed by atoms with Crippen LogP contribution in [-0.4, -0.2) is 96.8 Å². The first-order valence-corrected chi connectivity index (χ1v) is 27.3. The standard InChI is InChI=1S/C64H64O14S/c65-54(76-58-56(67)52(43-69-38-45-22-8-1-9-23-45)74-63(73-42-49-30-16-5-17-31-49)60(58)78-62(68)50-32-18-6-19-33-50)36-37-55(66)77-61-59(72-41-48-28-14-4-15-29-48)57(71-40-47-26-12-3-13-27-47)53(44-70-39-46-24-10-2-11-25-46)75-64(61)79-51-34-20-7-21-35-51/h1-35,52-53,56-61,63-64,67H,36-44H2/t52-,53-,56-,57-,58+,59+,60-,61-,63+,64+/m1/s1. The molecule has 0 spiro atoms. The van der Waals surface area contributed by atoms with Gasteiger partial charge < -0.3 is 52.5 Å². The van der Waals surface area contributed by atoms with Gasteiger partial charge in [-0.2, -0.15) is 0 Å². The lowest BCUT2D eigenvalue weighted by Crippen LogP contribution is -2.62. The molecular formula is C64H64O14S. The van der Waals surface area contributed by atoms with Crippen molar-refractivity contribution in [1.29, 1.82) is 0 Å². The maximum atomic E-state index is 14.4. The number of rotatable bonds is 26. The van der Waals surface area contributed by atoms with E-state index in [1.807, 2.05) is 182 Å². The maximum Gasteiger partial charge on any atom is 0.338 e. The van der Waals surface area contributed by atoms with Gasteiger partial charge in [-0.05, 0) is 52.1 Å². The summed E-state index contributed by atoms with van der Waals surface area (Å²) < 4.78 is 64.1. The van der Waals surface area contributed by atoms with Crippen molar-refractivity contribution < 1.29 is 66.9 Å². The molecular weight excluding hydrogens is 1020 g/mol. The molecule has 1 N–H and O–H groups in total. The highest BCUT2D eigenvalue weighted by Gasteiger charge is 2.52. The Bertz CT molecular complexity index is 2890. The summed E-state index contributed by atoms with van der Waals surface area (Å²) in [6, 6.07) is 65.8. The van der Waals surface area contributed by atoms with Crippen LogP contribution in [0.5, 0.6) is 0 Å². The van der Waals surface area contributed by atoms with Gasteiger partial charge in [-0.3, -0.25) is 9.59 Å². The number of aliphatic hydroxyl groups is 1. The molecule has 0 unspecified atom stereocenters. The second-order valence-electron chi connectivity index (χ2n) is 19.0. The third-order valence-corrected chi connectivity index (χ3v) is 14.3. The van der Waals surface area contributed by atoms with Gasteiger partial charge in [0.25, 0.3) is 0 Å². The van der Waals surface area contributed by atoms with Crippen LogP contribution in [0.2, 0.25) is 0 Å². The van der Waals surface area contributed by atoms with Crippen LogP contribution in [0.1, 0.15) is 51.0 Å². The van der Waals surface area contributed by atoms with Crippen LogP contribution in [0.4, 0.5) is 0 Å². The molecule has 79 heavy (non-hydrogen) atoms. The molecule has 7 aromatic rings. The Morgan fingerprint density at radius 2 is 0.810 bits per heavy atom. The monoisotopic (exact) mass is 1090 g/mol. The molecule has 14 nitrogen and oxygen atoms in total. The highest BCUT2D eigenvalue weighted by atomic mass is 32.2. The van der Waals surface area contributed by atoms with Crippen LogP contribution in [0.3, 0.4) is 0 Å². The van der Waals surface area contributed by atoms with E-state index in [0.29, 0.717) is 6.61 Å². The Morgan fingerprint density at radius 1 is 0.405 bits per heavy atom. The van der Waals surface area contributed by atoms with E-state index in [1.54, 1.807) is 30.3 Å². The van der Waals surface area contributed by atoms with Gasteiger partial charge in [0.05, 0.1) is 64.7 Å². The van der Waals surface area contributed by atoms with Crippen LogP contribution in [0.15, 0.2) is 217 Å². The third-order valence-electron chi connectivity index (χ3n) is 13.1. The Morgan fingerprint density at radius 3 is 1.30 bits per heavy atom. The first kappa shape index (κ1) is 56.7. The van der Waals surface area contributed by atoms with Crippen molar-refractivity contribution in [2.75, 3.05) is 13.2 Å². The normalized spacial score (nSPS) is 22.8. The maximum absolute atomic E-state index is 14.4. The van der Waals surface area contributed by atoms with E-state index >= 15 is 0 Å². The fraction of sp³-hybridized carbons (Fsp3) is 0.297. The fourth-order valence-electron chi connectivity index (χ4n) is 9.09. The van der Waals surface area contributed by atoms with Gasteiger partial charge in [-0.25, -0.2) is 4.79 Å². The largest absolute Gasteiger partial charge is 0.456 e. The second kappa shape index (κ2) is 29.8. The van der Waals surface area contributed by atoms with Crippen molar-refractivity contribution in [1.82, 2.24) is 0 Å². The molecule has 410 valence electrons. The van der Waals surface area contributed by atoms with E-state index in [9.17, 15) is 19.5 Å². The molecule has 15 heteroatoms. The third kappa shape index (κ3) is 17.0. The molecule has 2 heterocycles. The van der Waals surface area contributed by atoms with Gasteiger partial charge in [0, 0.05) is 4.90 Å². The van der Waals surface area contributed by atoms with Crippen molar-refractivity contribution >= 4 is 29.7 Å². The summed E-state index contributed by atoms with van der Waals surface area (Å²) in [6.45, 7) is 0.851. The summed E-state index contributed by atoms with van der Waals surface area (Å²) in [6.07, 6.45) is -11.5. The molecule has 0 radical (unpaired) electrons. The van der Waals surface area contributed by atoms with E-state index in [1.165, 1.54) is 11.8 Å². The molecule has 10 atom stereocenters. The first-order chi connectivity index (χ1) is 38.8. The lowest BCUT2D eigenvalue weighted by molar-refractivity contribution is -0.307. The second-order valence-corrected chi connectivity index (χ2v) is 20.1. The average Bonchev–Trinajstić information content (AvgIpc) is 3.52. The number of carbonyl (C=O) groups is 3. The summed E-state index contributed by atoms with van der Waals surface area (Å²) in [7, 11) is 0. The molecule has 0 saturated carbocycles. The average molecular weight is 1090 g/mol. The van der Waals surface area contributed by atoms with E-state index in [0.717, 1.165) is 32.7 Å². The molecule has 2 aliphatic rings. The topological polar surface area (TPSA) is 164 Å². The minimum atomic E-state index is -1.58. The Balaban J connectivity index is 0.960. The fourth-order valence-corrected chi connectivity index (χ4v) is 10.2. The van der Waals surface area contributed by atoms with Crippen LogP contribution in [-0.2, 0) is 90.0 Å². The number of ether oxygens (including phenoxy) is 10. The van der Waals surface area contributed by atoms with Gasteiger partial charge in [0.1, 0.15) is 36.0 Å². The number of aliphatic hydroxyl groups excluding tert-OH is 1. The quantitative estimate of drug-likeness (QED) is 0.0402. The zero-order valence-corrected chi connectivity index (χ0v) is 44.3. The van der Waals surface area contributed by atoms with E-state index in [-0.39, 0.29) is 45.2 Å². The lowest BCUT2D eigenvalue weighted by atomic mass is 9.98. The smallest absolute Gasteiger partial charge is 0.338 e. The lowest BCUT2D eigenvalue weighted by Gasteiger charge is -2.45. The summed E-state index contributed by atoms with van der Waals surface area (Å²) in [5.74, 6) is -2.41. The van der Waals surface area contributed by atoms with E-state index in [4.69, 9.17) is 47.4 Å². The van der Waals surface area contributed by atoms with Gasteiger partial charge in [0.2, 0.25) is 0 Å². The van der Waals surface area contributed by atoms with Crippen LogP contribution in [0, 0.1) is 0 Å². The van der Waals surface area contributed by atoms with E-state index < -0.39 is 91.3 Å². The highest BCUT2D eigenvalue weighted by Crippen LogP contribution is 2.39. The number of hydrogen-bond donors (Lipinski definition) is 1. The molecule has 9 rings (SSSR count). The van der Waals surface area contributed by atoms with Crippen molar-refractivity contribution in [2.45, 2.75) is 111 Å². The molecule has 0 aromatic heterocycles. The van der Waals surface area contributed by atoms with Crippen molar-refractivity contribution in [2.24, 2.45) is 0 Å². The molecule has 0 bridgehead atoms. The molecule has 2 saturated heterocycles. The highest BCUT2D eigenvalue weighted by molar-refractivity contribution is 7.99. The van der Waals surface area contributed by atoms with Gasteiger partial charge in [-0.1, -0.05) is 200 Å². The predicted molar refractivity (Wildman–Crippen MR) is 294 cm³/mol. The van der Waals surface area contributed by atoms with Gasteiger partial charge in [0.15, 0.2) is 24.6 Å². The van der Waals surface area contributed by atoms with Crippen LogP contribution in [0.25, 0.3) is 0 Å². The Labute approximate surface area is 464 Å². The number of thioether (sulfide) groups is 1. The SMILES string of the molecule is O=C(CCC(=O)O[C@H]1[C@H](O)[C@@H](COCc2ccccc2)O[C@H](OCc2ccccc2)[C@@H]1OC(=O)c1ccccc1)O[C@@H]1[C@@H](OCc2ccccc2)[C@H](OCc2ccccc2)[C@@H](COCc2ccccc2)O[C@H]1Sc1ccccc1. The van der Waals surface area contributed by atoms with Crippen molar-refractivity contribution in [3.05, 3.63) is 246 Å². The Hall–Kier alpha value is -7.02. The molecule has 7 aromatic carbocycles. The predicted octanol–water partition coefficient (Wildman–Crippen LogP) is 10.2. The number of hydrogen-bond acceptors (Lipinski definition) is 15. The van der Waals surface area contributed by atoms with Crippen molar-refractivity contribution in [3.63, 3.8) is 0 Å². The van der Waals surface area contributed by atoms with Crippen LogP contribution >= 0.6 is 11.8 Å². The number of carbonyl (C=O) groups excluding carboxylic acids is 3. The van der Waals surface area contributed by atoms with Crippen LogP contribution < -0.4 is 0 Å². The van der Waals surface area contributed by atoms with Gasteiger partial charge >= 0.3 is 17.9 Å². The number of esters is 3. The summed E-state index contributed by atoms with van der Waals surface area (Å²) >= 11 is 1.36. The van der Waals surface area contributed by atoms with E-state index in [2.05, 4.69) is 0 Å². The molecule has 0 amide bonds. The molecule has 2 fully saturated rings. The summed E-state index contributed by atoms with van der Waals surface area (Å²) in [5, 5.41) is 12.0. The molecule has 2 aliphatic heterocycles. The minimum absolute atomic E-state index is 0.0230. The van der Waals surface area contributed by atoms with Crippen molar-refractivity contribution in [3.8, 4) is 0 Å². The first-order valence-electron chi connectivity index (χ1n) is 26.4. The Kier molecular flexibility index (Phi) is 21.4. The molecule has 0 aliphatic carbocycles. The number of benzene rings is 7. The zero-order valence-electron chi connectivity index (χ0n) is 43.5. The summed E-state index contributed by atoms with van der Waals surface area (Å²) in [5.41, 5.74) is 3.82. The zero-order chi connectivity index (χ0) is 54.4. The van der Waals surface area contributed by atoms with Gasteiger partial charge in [-0.15, -0.1) is 0 Å².